The molecule has 1 N–H and O–H groups in total. The third-order valence-electron chi connectivity index (χ3n) is 3.21. The second-order valence-electron chi connectivity index (χ2n) is 4.90. The third-order valence-corrected chi connectivity index (χ3v) is 3.21. The van der Waals surface area contributed by atoms with Crippen molar-refractivity contribution in [2.24, 2.45) is 7.05 Å². The summed E-state index contributed by atoms with van der Waals surface area (Å²) in [6.07, 6.45) is 1.93. The molecule has 0 radical (unpaired) electrons. The molecule has 0 aromatic carbocycles. The molecule has 0 bridgehead atoms. The monoisotopic (exact) mass is 251 g/mol. The van der Waals surface area contributed by atoms with Crippen LogP contribution in [0.4, 0.5) is 0 Å². The minimum absolute atomic E-state index is 0.0873. The van der Waals surface area contributed by atoms with Crippen molar-refractivity contribution in [1.82, 2.24) is 24.9 Å². The largest absolute Gasteiger partial charge is 0.347 e. The molecule has 18 heavy (non-hydrogen) atoms. The van der Waals surface area contributed by atoms with Gasteiger partial charge in [0.25, 0.3) is 0 Å². The number of carbonyl (C=O) groups is 1. The third kappa shape index (κ3) is 2.88. The van der Waals surface area contributed by atoms with Crippen molar-refractivity contribution >= 4 is 5.91 Å². The van der Waals surface area contributed by atoms with Gasteiger partial charge in [0, 0.05) is 53.5 Å². The Morgan fingerprint density at radius 2 is 2.39 bits per heavy atom. The molecule has 1 atom stereocenters. The maximum absolute atomic E-state index is 12.1. The van der Waals surface area contributed by atoms with E-state index >= 15 is 0 Å². The minimum atomic E-state index is -0.0873. The number of nitrogens with zero attached hydrogens (tertiary/aromatic N) is 4. The molecule has 2 heterocycles. The van der Waals surface area contributed by atoms with E-state index in [9.17, 15) is 4.79 Å². The van der Waals surface area contributed by atoms with Gasteiger partial charge in [-0.15, -0.1) is 0 Å². The Labute approximate surface area is 108 Å². The lowest BCUT2D eigenvalue weighted by Gasteiger charge is -2.35. The van der Waals surface area contributed by atoms with Crippen LogP contribution in [0.15, 0.2) is 12.3 Å². The van der Waals surface area contributed by atoms with Gasteiger partial charge >= 0.3 is 0 Å². The molecule has 6 nitrogen and oxygen atoms in total. The van der Waals surface area contributed by atoms with Crippen LogP contribution in [0.25, 0.3) is 0 Å². The predicted molar refractivity (Wildman–Crippen MR) is 69.0 cm³/mol. The SMILES string of the molecule is CN(C)C(=O)C1CNCCN1Cc1ccn(C)n1. The van der Waals surface area contributed by atoms with Gasteiger partial charge in [0.15, 0.2) is 0 Å². The number of carbonyl (C=O) groups excluding carboxylic acids is 1. The summed E-state index contributed by atoms with van der Waals surface area (Å²) in [6.45, 7) is 3.24. The van der Waals surface area contributed by atoms with Gasteiger partial charge in [0.1, 0.15) is 6.04 Å². The fourth-order valence-corrected chi connectivity index (χ4v) is 2.23. The van der Waals surface area contributed by atoms with E-state index in [1.54, 1.807) is 23.7 Å². The zero-order valence-corrected chi connectivity index (χ0v) is 11.3. The minimum Gasteiger partial charge on any atom is -0.347 e. The lowest BCUT2D eigenvalue weighted by atomic mass is 10.1. The van der Waals surface area contributed by atoms with Crippen LogP contribution in [0.5, 0.6) is 0 Å². The predicted octanol–water partition coefficient (Wildman–Crippen LogP) is -0.718. The van der Waals surface area contributed by atoms with Crippen molar-refractivity contribution in [2.45, 2.75) is 12.6 Å². The van der Waals surface area contributed by atoms with Crippen LogP contribution in [-0.2, 0) is 18.4 Å². The number of aromatic nitrogens is 2. The van der Waals surface area contributed by atoms with Gasteiger partial charge in [-0.3, -0.25) is 14.4 Å². The fourth-order valence-electron chi connectivity index (χ4n) is 2.23. The van der Waals surface area contributed by atoms with Gasteiger partial charge in [-0.25, -0.2) is 0 Å². The molecule has 2 rings (SSSR count). The maximum Gasteiger partial charge on any atom is 0.240 e. The molecular formula is C12H21N5O. The molecule has 1 aromatic heterocycles. The smallest absolute Gasteiger partial charge is 0.240 e. The first kappa shape index (κ1) is 13.0. The quantitative estimate of drug-likeness (QED) is 0.770. The van der Waals surface area contributed by atoms with E-state index in [0.29, 0.717) is 6.54 Å². The highest BCUT2D eigenvalue weighted by atomic mass is 16.2. The lowest BCUT2D eigenvalue weighted by Crippen LogP contribution is -2.57. The number of rotatable bonds is 3. The first-order valence-corrected chi connectivity index (χ1v) is 6.22. The van der Waals surface area contributed by atoms with Crippen LogP contribution in [0, 0.1) is 0 Å². The van der Waals surface area contributed by atoms with Crippen molar-refractivity contribution in [2.75, 3.05) is 33.7 Å². The Morgan fingerprint density at radius 3 is 3.00 bits per heavy atom. The van der Waals surface area contributed by atoms with E-state index in [4.69, 9.17) is 0 Å². The van der Waals surface area contributed by atoms with Gasteiger partial charge < -0.3 is 10.2 Å². The first-order chi connectivity index (χ1) is 8.58. The molecule has 100 valence electrons. The average molecular weight is 251 g/mol. The highest BCUT2D eigenvalue weighted by molar-refractivity contribution is 5.81. The van der Waals surface area contributed by atoms with Gasteiger partial charge in [-0.1, -0.05) is 0 Å². The summed E-state index contributed by atoms with van der Waals surface area (Å²) in [5.74, 6) is 0.151. The number of nitrogens with one attached hydrogen (secondary N) is 1. The molecule has 1 aliphatic rings. The molecular weight excluding hydrogens is 230 g/mol. The Hall–Kier alpha value is -1.40. The Kier molecular flexibility index (Phi) is 3.98. The van der Waals surface area contributed by atoms with E-state index < -0.39 is 0 Å². The molecule has 0 spiro atoms. The molecule has 1 aliphatic heterocycles. The Bertz CT molecular complexity index is 414. The number of amides is 1. The number of likely N-dealkylation sites (N-methyl/N-ethyl adjacent to an activating group) is 1. The first-order valence-electron chi connectivity index (χ1n) is 6.22. The normalized spacial score (nSPS) is 20.9. The molecule has 1 amide bonds. The van der Waals surface area contributed by atoms with Crippen LogP contribution in [0.3, 0.4) is 0 Å². The van der Waals surface area contributed by atoms with Crippen LogP contribution < -0.4 is 5.32 Å². The number of aryl methyl sites for hydroxylation is 1. The van der Waals surface area contributed by atoms with E-state index in [2.05, 4.69) is 15.3 Å². The van der Waals surface area contributed by atoms with Crippen LogP contribution in [0.1, 0.15) is 5.69 Å². The Balaban J connectivity index is 2.06. The van der Waals surface area contributed by atoms with Gasteiger partial charge in [0.05, 0.1) is 5.69 Å². The zero-order valence-electron chi connectivity index (χ0n) is 11.3. The van der Waals surface area contributed by atoms with Crippen molar-refractivity contribution < 1.29 is 4.79 Å². The summed E-state index contributed by atoms with van der Waals surface area (Å²) < 4.78 is 1.79. The van der Waals surface area contributed by atoms with Crippen molar-refractivity contribution in [3.63, 3.8) is 0 Å². The second kappa shape index (κ2) is 5.49. The van der Waals surface area contributed by atoms with E-state index in [-0.39, 0.29) is 11.9 Å². The number of piperazine rings is 1. The summed E-state index contributed by atoms with van der Waals surface area (Å²) in [7, 11) is 5.51. The summed E-state index contributed by atoms with van der Waals surface area (Å²) in [4.78, 5) is 16.0. The summed E-state index contributed by atoms with van der Waals surface area (Å²) in [6, 6.07) is 1.91. The Morgan fingerprint density at radius 1 is 1.61 bits per heavy atom. The number of hydrogen-bond donors (Lipinski definition) is 1. The second-order valence-corrected chi connectivity index (χ2v) is 4.90. The van der Waals surface area contributed by atoms with Crippen LogP contribution >= 0.6 is 0 Å². The molecule has 6 heteroatoms. The fraction of sp³-hybridized carbons (Fsp3) is 0.667. The lowest BCUT2D eigenvalue weighted by molar-refractivity contribution is -0.135. The van der Waals surface area contributed by atoms with Gasteiger partial charge in [-0.2, -0.15) is 5.10 Å². The highest BCUT2D eigenvalue weighted by Crippen LogP contribution is 2.10. The molecule has 0 aliphatic carbocycles. The number of hydrogen-bond acceptors (Lipinski definition) is 4. The van der Waals surface area contributed by atoms with Crippen LogP contribution in [0.2, 0.25) is 0 Å². The summed E-state index contributed by atoms with van der Waals surface area (Å²) >= 11 is 0. The molecule has 0 saturated carbocycles. The topological polar surface area (TPSA) is 53.4 Å². The van der Waals surface area contributed by atoms with E-state index in [0.717, 1.165) is 25.3 Å². The molecule has 1 saturated heterocycles. The zero-order chi connectivity index (χ0) is 13.1. The maximum atomic E-state index is 12.1. The van der Waals surface area contributed by atoms with Gasteiger partial charge in [0.2, 0.25) is 5.91 Å². The van der Waals surface area contributed by atoms with E-state index in [1.165, 1.54) is 0 Å². The van der Waals surface area contributed by atoms with Crippen molar-refractivity contribution in [3.05, 3.63) is 18.0 Å². The molecule has 1 fully saturated rings. The summed E-state index contributed by atoms with van der Waals surface area (Å²) in [5, 5.41) is 7.65. The average Bonchev–Trinajstić information content (AvgIpc) is 2.74. The molecule has 1 aromatic rings. The van der Waals surface area contributed by atoms with E-state index in [1.807, 2.05) is 19.3 Å². The highest BCUT2D eigenvalue weighted by Gasteiger charge is 2.29. The summed E-state index contributed by atoms with van der Waals surface area (Å²) in [5.41, 5.74) is 1.01. The van der Waals surface area contributed by atoms with Crippen molar-refractivity contribution in [3.8, 4) is 0 Å². The standard InChI is InChI=1S/C12H21N5O/c1-15(2)12(18)11-8-13-5-7-17(11)9-10-4-6-16(3)14-10/h4,6,11,13H,5,7-9H2,1-3H3. The van der Waals surface area contributed by atoms with Gasteiger partial charge in [-0.05, 0) is 6.07 Å². The van der Waals surface area contributed by atoms with Crippen LogP contribution in [-0.4, -0.2) is 65.3 Å². The van der Waals surface area contributed by atoms with Crippen molar-refractivity contribution in [1.29, 1.82) is 0 Å². The molecule has 1 unspecified atom stereocenters.